The maximum Gasteiger partial charge on any atom is 0.233 e. The Labute approximate surface area is 160 Å². The standard InChI is InChI=1S/C15H13N7O2S.C2H6/c16-6-11-10(9-1-3-23-7-9)5-12(15-19-2-4-25-15)20-14(11)24-8-13(17)21-22-18;1-2/h1-5,7,22H,8,18H2,(H2,17,21);1-2H3. The quantitative estimate of drug-likeness (QED) is 0.253. The number of nitrogens with two attached hydrogens (primary N) is 2. The van der Waals surface area contributed by atoms with E-state index in [1.54, 1.807) is 24.6 Å². The average molecular weight is 385 g/mol. The average Bonchev–Trinajstić information content (AvgIpc) is 3.41. The Morgan fingerprint density at radius 1 is 1.48 bits per heavy atom. The summed E-state index contributed by atoms with van der Waals surface area (Å²) in [5, 5.41) is 15.7. The van der Waals surface area contributed by atoms with E-state index in [2.05, 4.69) is 26.7 Å². The van der Waals surface area contributed by atoms with Crippen molar-refractivity contribution in [2.45, 2.75) is 13.8 Å². The number of nitrogens with zero attached hydrogens (tertiary/aromatic N) is 4. The molecule has 0 aliphatic carbocycles. The van der Waals surface area contributed by atoms with Gasteiger partial charge in [-0.3, -0.25) is 0 Å². The van der Waals surface area contributed by atoms with Gasteiger partial charge < -0.3 is 14.9 Å². The Balaban J connectivity index is 0.00000126. The molecule has 0 aliphatic heterocycles. The van der Waals surface area contributed by atoms with Crippen molar-refractivity contribution >= 4 is 17.2 Å². The number of hydrogen-bond donors (Lipinski definition) is 3. The molecule has 3 aromatic rings. The Kier molecular flexibility index (Phi) is 7.30. The van der Waals surface area contributed by atoms with E-state index in [-0.39, 0.29) is 23.9 Å². The topological polar surface area (TPSA) is 148 Å². The molecular formula is C17H19N7O2S. The molecule has 0 fully saturated rings. The van der Waals surface area contributed by atoms with Crippen LogP contribution in [0.25, 0.3) is 21.8 Å². The number of furan rings is 1. The molecule has 140 valence electrons. The summed E-state index contributed by atoms with van der Waals surface area (Å²) in [5.74, 6) is 5.31. The Morgan fingerprint density at radius 2 is 2.30 bits per heavy atom. The van der Waals surface area contributed by atoms with Crippen molar-refractivity contribution in [3.8, 4) is 33.8 Å². The van der Waals surface area contributed by atoms with Crippen LogP contribution < -0.4 is 21.8 Å². The Bertz CT molecular complexity index is 916. The first kappa shape index (κ1) is 19.9. The smallest absolute Gasteiger partial charge is 0.233 e. The first-order valence-corrected chi connectivity index (χ1v) is 8.89. The van der Waals surface area contributed by atoms with Crippen molar-refractivity contribution in [2.75, 3.05) is 6.61 Å². The maximum atomic E-state index is 9.58. The molecule has 3 heterocycles. The van der Waals surface area contributed by atoms with E-state index in [1.807, 2.05) is 19.2 Å². The first-order chi connectivity index (χ1) is 13.2. The second-order valence-corrected chi connectivity index (χ2v) is 5.61. The van der Waals surface area contributed by atoms with E-state index in [1.165, 1.54) is 17.6 Å². The summed E-state index contributed by atoms with van der Waals surface area (Å²) in [5.41, 5.74) is 9.90. The lowest BCUT2D eigenvalue weighted by Crippen LogP contribution is -2.27. The van der Waals surface area contributed by atoms with Gasteiger partial charge in [-0.2, -0.15) is 5.26 Å². The summed E-state index contributed by atoms with van der Waals surface area (Å²) >= 11 is 1.43. The molecule has 27 heavy (non-hydrogen) atoms. The van der Waals surface area contributed by atoms with Crippen molar-refractivity contribution in [3.05, 3.63) is 41.8 Å². The molecule has 0 amide bonds. The van der Waals surface area contributed by atoms with Crippen molar-refractivity contribution in [1.82, 2.24) is 15.5 Å². The third kappa shape index (κ3) is 4.81. The molecule has 10 heteroatoms. The van der Waals surface area contributed by atoms with Gasteiger partial charge in [0.25, 0.3) is 0 Å². The number of pyridine rings is 1. The van der Waals surface area contributed by atoms with E-state index >= 15 is 0 Å². The van der Waals surface area contributed by atoms with Gasteiger partial charge >= 0.3 is 0 Å². The third-order valence-corrected chi connectivity index (χ3v) is 3.94. The zero-order valence-electron chi connectivity index (χ0n) is 14.8. The lowest BCUT2D eigenvalue weighted by Gasteiger charge is -2.11. The van der Waals surface area contributed by atoms with E-state index in [4.69, 9.17) is 20.7 Å². The van der Waals surface area contributed by atoms with Gasteiger partial charge in [-0.15, -0.1) is 16.4 Å². The monoisotopic (exact) mass is 385 g/mol. The number of thiazole rings is 1. The van der Waals surface area contributed by atoms with Gasteiger partial charge in [0.2, 0.25) is 5.88 Å². The number of hydrogen-bond acceptors (Lipinski definition) is 9. The summed E-state index contributed by atoms with van der Waals surface area (Å²) in [4.78, 5) is 8.65. The van der Waals surface area contributed by atoms with Crippen molar-refractivity contribution < 1.29 is 9.15 Å². The summed E-state index contributed by atoms with van der Waals surface area (Å²) in [6.07, 6.45) is 4.74. The molecule has 0 radical (unpaired) electrons. The molecule has 0 spiro atoms. The summed E-state index contributed by atoms with van der Waals surface area (Å²) in [6, 6.07) is 5.64. The fourth-order valence-corrected chi connectivity index (χ4v) is 2.69. The molecule has 0 bridgehead atoms. The number of hydrazine groups is 1. The number of aromatic nitrogens is 2. The normalized spacial score (nSPS) is 10.5. The van der Waals surface area contributed by atoms with E-state index in [0.29, 0.717) is 16.3 Å². The fourth-order valence-electron chi connectivity index (χ4n) is 2.10. The summed E-state index contributed by atoms with van der Waals surface area (Å²) in [7, 11) is 0. The van der Waals surface area contributed by atoms with Crippen LogP contribution >= 0.6 is 11.3 Å². The second-order valence-electron chi connectivity index (χ2n) is 4.72. The van der Waals surface area contributed by atoms with Crippen LogP contribution in [0.3, 0.4) is 0 Å². The molecule has 0 aromatic carbocycles. The largest absolute Gasteiger partial charge is 0.472 e. The first-order valence-electron chi connectivity index (χ1n) is 8.01. The highest BCUT2D eigenvalue weighted by molar-refractivity contribution is 7.13. The molecule has 0 unspecified atom stereocenters. The highest BCUT2D eigenvalue weighted by Gasteiger charge is 2.18. The van der Waals surface area contributed by atoms with Gasteiger partial charge in [0.1, 0.15) is 28.9 Å². The van der Waals surface area contributed by atoms with Crippen molar-refractivity contribution in [1.29, 1.82) is 5.26 Å². The van der Waals surface area contributed by atoms with E-state index in [0.717, 1.165) is 5.56 Å². The van der Waals surface area contributed by atoms with Crippen molar-refractivity contribution in [3.63, 3.8) is 0 Å². The maximum absolute atomic E-state index is 9.58. The zero-order chi connectivity index (χ0) is 19.6. The number of nitrogens with one attached hydrogen (secondary N) is 1. The van der Waals surface area contributed by atoms with Crippen LogP contribution in [0.15, 0.2) is 45.8 Å². The van der Waals surface area contributed by atoms with Crippen LogP contribution in [-0.2, 0) is 0 Å². The molecule has 0 aliphatic rings. The van der Waals surface area contributed by atoms with Crippen LogP contribution in [0.2, 0.25) is 0 Å². The van der Waals surface area contributed by atoms with Crippen LogP contribution in [0.5, 0.6) is 5.88 Å². The predicted molar refractivity (Wildman–Crippen MR) is 104 cm³/mol. The molecule has 0 saturated heterocycles. The van der Waals surface area contributed by atoms with Crippen LogP contribution in [0.1, 0.15) is 19.4 Å². The SMILES string of the molecule is CC.N#Cc1c(-c2ccoc2)cc(-c2nccs2)nc1OC/C(N)=N/NN. The van der Waals surface area contributed by atoms with Gasteiger partial charge in [-0.25, -0.2) is 21.3 Å². The van der Waals surface area contributed by atoms with E-state index < -0.39 is 0 Å². The van der Waals surface area contributed by atoms with Gasteiger partial charge in [0, 0.05) is 22.7 Å². The van der Waals surface area contributed by atoms with Crippen LogP contribution in [0, 0.1) is 11.3 Å². The second kappa shape index (κ2) is 9.91. The van der Waals surface area contributed by atoms with Gasteiger partial charge in [0.15, 0.2) is 5.84 Å². The molecule has 5 N–H and O–H groups in total. The van der Waals surface area contributed by atoms with Crippen LogP contribution in [0.4, 0.5) is 0 Å². The lowest BCUT2D eigenvalue weighted by molar-refractivity contribution is 0.358. The molecule has 3 aromatic heterocycles. The van der Waals surface area contributed by atoms with Crippen molar-refractivity contribution in [2.24, 2.45) is 16.7 Å². The predicted octanol–water partition coefficient (Wildman–Crippen LogP) is 2.48. The minimum absolute atomic E-state index is 0.0853. The summed E-state index contributed by atoms with van der Waals surface area (Å²) in [6.45, 7) is 3.91. The lowest BCUT2D eigenvalue weighted by atomic mass is 10.0. The van der Waals surface area contributed by atoms with Gasteiger partial charge in [-0.05, 0) is 12.1 Å². The molecular weight excluding hydrogens is 366 g/mol. The minimum Gasteiger partial charge on any atom is -0.472 e. The number of nitriles is 1. The number of ether oxygens (including phenoxy) is 1. The molecule has 9 nitrogen and oxygen atoms in total. The zero-order valence-corrected chi connectivity index (χ0v) is 15.7. The summed E-state index contributed by atoms with van der Waals surface area (Å²) < 4.78 is 10.7. The Morgan fingerprint density at radius 3 is 2.89 bits per heavy atom. The Hall–Kier alpha value is -3.42. The van der Waals surface area contributed by atoms with Crippen LogP contribution in [-0.4, -0.2) is 22.4 Å². The fraction of sp³-hybridized carbons (Fsp3) is 0.176. The third-order valence-electron chi connectivity index (χ3n) is 3.15. The highest BCUT2D eigenvalue weighted by atomic mass is 32.1. The number of hydrazone groups is 1. The van der Waals surface area contributed by atoms with E-state index in [9.17, 15) is 5.26 Å². The molecule has 0 atom stereocenters. The minimum atomic E-state index is -0.0853. The number of rotatable bonds is 6. The molecule has 3 rings (SSSR count). The van der Waals surface area contributed by atoms with Gasteiger partial charge in [0.05, 0.1) is 12.5 Å². The van der Waals surface area contributed by atoms with Gasteiger partial charge in [-0.1, -0.05) is 13.8 Å². The number of amidine groups is 1. The molecule has 0 saturated carbocycles. The highest BCUT2D eigenvalue weighted by Crippen LogP contribution is 2.34.